The van der Waals surface area contributed by atoms with E-state index >= 15 is 0 Å². The lowest BCUT2D eigenvalue weighted by Crippen LogP contribution is -2.34. The van der Waals surface area contributed by atoms with Gasteiger partial charge < -0.3 is 24.4 Å². The first-order valence-corrected chi connectivity index (χ1v) is 10.3. The predicted molar refractivity (Wildman–Crippen MR) is 119 cm³/mol. The lowest BCUT2D eigenvalue weighted by Gasteiger charge is -2.23. The van der Waals surface area contributed by atoms with E-state index in [0.29, 0.717) is 31.2 Å². The van der Waals surface area contributed by atoms with Crippen LogP contribution >= 0.6 is 0 Å². The molecule has 31 heavy (non-hydrogen) atoms. The minimum atomic E-state index is -0.397. The summed E-state index contributed by atoms with van der Waals surface area (Å²) in [5.41, 5.74) is 5.78. The third-order valence-corrected chi connectivity index (χ3v) is 5.11. The van der Waals surface area contributed by atoms with Crippen LogP contribution in [0.25, 0.3) is 0 Å². The Morgan fingerprint density at radius 2 is 1.81 bits per heavy atom. The van der Waals surface area contributed by atoms with E-state index in [1.54, 1.807) is 24.2 Å². The fraction of sp³-hybridized carbons (Fsp3) is 0.333. The maximum absolute atomic E-state index is 13.2. The number of hydrogen-bond donors (Lipinski definition) is 2. The van der Waals surface area contributed by atoms with Gasteiger partial charge in [-0.05, 0) is 81.1 Å². The van der Waals surface area contributed by atoms with Crippen molar-refractivity contribution >= 4 is 17.7 Å². The highest BCUT2D eigenvalue weighted by Crippen LogP contribution is 2.23. The van der Waals surface area contributed by atoms with Crippen LogP contribution in [-0.4, -0.2) is 28.5 Å². The zero-order chi connectivity index (χ0) is 22.5. The Kier molecular flexibility index (Phi) is 6.84. The Balaban J connectivity index is 1.87. The van der Waals surface area contributed by atoms with E-state index in [1.165, 1.54) is 0 Å². The summed E-state index contributed by atoms with van der Waals surface area (Å²) in [4.78, 5) is 30.2. The van der Waals surface area contributed by atoms with E-state index in [-0.39, 0.29) is 6.03 Å². The normalized spacial score (nSPS) is 10.7. The molecule has 0 atom stereocenters. The van der Waals surface area contributed by atoms with Crippen LogP contribution in [0.15, 0.2) is 41.0 Å². The van der Waals surface area contributed by atoms with Gasteiger partial charge in [0.25, 0.3) is 0 Å². The highest BCUT2D eigenvalue weighted by atomic mass is 16.5. The molecule has 0 aliphatic rings. The number of nitrogens with one attached hydrogen (secondary N) is 2. The number of ether oxygens (including phenoxy) is 1. The Morgan fingerprint density at radius 3 is 2.42 bits per heavy atom. The third-order valence-electron chi connectivity index (χ3n) is 5.11. The summed E-state index contributed by atoms with van der Waals surface area (Å²) < 4.78 is 10.6. The Hall–Kier alpha value is -3.48. The second-order valence-electron chi connectivity index (χ2n) is 7.69. The fourth-order valence-corrected chi connectivity index (χ4v) is 3.66. The van der Waals surface area contributed by atoms with Crippen molar-refractivity contribution in [2.75, 3.05) is 11.9 Å². The third kappa shape index (κ3) is 5.36. The number of esters is 1. The van der Waals surface area contributed by atoms with Gasteiger partial charge in [-0.3, -0.25) is 0 Å². The molecule has 0 saturated carbocycles. The zero-order valence-corrected chi connectivity index (χ0v) is 18.7. The summed E-state index contributed by atoms with van der Waals surface area (Å²) >= 11 is 0. The molecule has 0 fully saturated rings. The second-order valence-corrected chi connectivity index (χ2v) is 7.69. The molecule has 0 aliphatic heterocycles. The lowest BCUT2D eigenvalue weighted by molar-refractivity contribution is 0.0519. The molecule has 0 aliphatic carbocycles. The number of carbonyl (C=O) groups is 2. The van der Waals surface area contributed by atoms with Crippen molar-refractivity contribution in [1.29, 1.82) is 0 Å². The summed E-state index contributed by atoms with van der Waals surface area (Å²) in [5.74, 6) is 0.277. The monoisotopic (exact) mass is 423 g/mol. The summed E-state index contributed by atoms with van der Waals surface area (Å²) in [6.45, 7) is 10.4. The molecule has 0 radical (unpaired) electrons. The van der Waals surface area contributed by atoms with Gasteiger partial charge in [-0.15, -0.1) is 0 Å². The van der Waals surface area contributed by atoms with Crippen molar-refractivity contribution in [2.45, 2.75) is 47.7 Å². The van der Waals surface area contributed by atoms with Crippen LogP contribution in [0.1, 0.15) is 51.1 Å². The molecule has 3 rings (SSSR count). The number of aryl methyl sites for hydroxylation is 3. The Bertz CT molecular complexity index is 1050. The minimum Gasteiger partial charge on any atom is -0.467 e. The number of aromatic nitrogens is 1. The largest absolute Gasteiger partial charge is 0.467 e. The molecule has 2 N–H and O–H groups in total. The molecule has 0 unspecified atom stereocenters. The molecular weight excluding hydrogens is 394 g/mol. The van der Waals surface area contributed by atoms with Gasteiger partial charge in [-0.1, -0.05) is 6.07 Å². The predicted octanol–water partition coefficient (Wildman–Crippen LogP) is 5.25. The van der Waals surface area contributed by atoms with Crippen molar-refractivity contribution in [3.8, 4) is 0 Å². The average Bonchev–Trinajstić information content (AvgIpc) is 3.30. The SMILES string of the molecule is CCOC(=O)c1[nH]c(C)c(CN(Cc2ccco2)C(=O)Nc2cc(C)cc(C)c2)c1C. The van der Waals surface area contributed by atoms with Gasteiger partial charge >= 0.3 is 12.0 Å². The van der Waals surface area contributed by atoms with E-state index in [9.17, 15) is 9.59 Å². The van der Waals surface area contributed by atoms with E-state index in [1.807, 2.05) is 45.9 Å². The van der Waals surface area contributed by atoms with E-state index in [0.717, 1.165) is 33.6 Å². The molecule has 0 spiro atoms. The zero-order valence-electron chi connectivity index (χ0n) is 18.7. The van der Waals surface area contributed by atoms with Gasteiger partial charge in [0.2, 0.25) is 0 Å². The number of anilines is 1. The van der Waals surface area contributed by atoms with Crippen LogP contribution in [0.5, 0.6) is 0 Å². The lowest BCUT2D eigenvalue weighted by atomic mass is 10.1. The van der Waals surface area contributed by atoms with Crippen LogP contribution < -0.4 is 5.32 Å². The molecule has 3 aromatic rings. The fourth-order valence-electron chi connectivity index (χ4n) is 3.66. The number of hydrogen-bond acceptors (Lipinski definition) is 4. The van der Waals surface area contributed by atoms with Gasteiger partial charge in [0.05, 0.1) is 19.4 Å². The number of urea groups is 1. The van der Waals surface area contributed by atoms with E-state index < -0.39 is 5.97 Å². The van der Waals surface area contributed by atoms with Crippen molar-refractivity contribution in [3.63, 3.8) is 0 Å². The smallest absolute Gasteiger partial charge is 0.355 e. The van der Waals surface area contributed by atoms with Gasteiger partial charge in [-0.25, -0.2) is 9.59 Å². The molecule has 2 aromatic heterocycles. The maximum Gasteiger partial charge on any atom is 0.355 e. The van der Waals surface area contributed by atoms with Crippen LogP contribution in [-0.2, 0) is 17.8 Å². The standard InChI is InChI=1S/C24H29N3O4/c1-6-30-23(28)22-17(4)21(18(5)25-22)14-27(13-20-8-7-9-31-20)24(29)26-19-11-15(2)10-16(3)12-19/h7-12,25H,6,13-14H2,1-5H3,(H,26,29). The number of benzene rings is 1. The number of aromatic amines is 1. The van der Waals surface area contributed by atoms with Gasteiger partial charge in [-0.2, -0.15) is 0 Å². The number of rotatable bonds is 7. The molecule has 7 heteroatoms. The number of furan rings is 1. The van der Waals surface area contributed by atoms with Crippen LogP contribution in [0.2, 0.25) is 0 Å². The molecule has 7 nitrogen and oxygen atoms in total. The Morgan fingerprint density at radius 1 is 1.10 bits per heavy atom. The molecular formula is C24H29N3O4. The maximum atomic E-state index is 13.2. The summed E-state index contributed by atoms with van der Waals surface area (Å²) in [6.07, 6.45) is 1.58. The van der Waals surface area contributed by atoms with Crippen LogP contribution in [0.3, 0.4) is 0 Å². The van der Waals surface area contributed by atoms with Crippen molar-refractivity contribution in [1.82, 2.24) is 9.88 Å². The van der Waals surface area contributed by atoms with E-state index in [4.69, 9.17) is 9.15 Å². The van der Waals surface area contributed by atoms with Crippen molar-refractivity contribution in [2.24, 2.45) is 0 Å². The van der Waals surface area contributed by atoms with Crippen molar-refractivity contribution in [3.05, 3.63) is 76.0 Å². The first kappa shape index (κ1) is 22.2. The first-order chi connectivity index (χ1) is 14.8. The highest BCUT2D eigenvalue weighted by molar-refractivity contribution is 5.91. The topological polar surface area (TPSA) is 87.6 Å². The Labute approximate surface area is 182 Å². The number of H-pyrrole nitrogens is 1. The molecule has 0 saturated heterocycles. The summed E-state index contributed by atoms with van der Waals surface area (Å²) in [6, 6.07) is 9.29. The van der Waals surface area contributed by atoms with Crippen molar-refractivity contribution < 1.29 is 18.7 Å². The second kappa shape index (κ2) is 9.55. The average molecular weight is 424 g/mol. The first-order valence-electron chi connectivity index (χ1n) is 10.3. The van der Waals surface area contributed by atoms with Crippen LogP contribution in [0, 0.1) is 27.7 Å². The van der Waals surface area contributed by atoms with Gasteiger partial charge in [0, 0.05) is 17.9 Å². The number of amides is 2. The number of nitrogens with zero attached hydrogens (tertiary/aromatic N) is 1. The van der Waals surface area contributed by atoms with Crippen LogP contribution in [0.4, 0.5) is 10.5 Å². The molecule has 2 amide bonds. The van der Waals surface area contributed by atoms with Gasteiger partial charge in [0.15, 0.2) is 0 Å². The molecule has 0 bridgehead atoms. The molecule has 1 aromatic carbocycles. The summed E-state index contributed by atoms with van der Waals surface area (Å²) in [5, 5.41) is 2.99. The quantitative estimate of drug-likeness (QED) is 0.508. The minimum absolute atomic E-state index is 0.251. The van der Waals surface area contributed by atoms with E-state index in [2.05, 4.69) is 16.4 Å². The van der Waals surface area contributed by atoms with Gasteiger partial charge in [0.1, 0.15) is 11.5 Å². The molecule has 164 valence electrons. The highest BCUT2D eigenvalue weighted by Gasteiger charge is 2.23. The number of carbonyl (C=O) groups excluding carboxylic acids is 2. The molecule has 2 heterocycles. The summed E-state index contributed by atoms with van der Waals surface area (Å²) in [7, 11) is 0.